The second kappa shape index (κ2) is 9.55. The molecule has 0 aliphatic heterocycles. The molecule has 0 unspecified atom stereocenters. The number of ether oxygens (including phenoxy) is 1. The van der Waals surface area contributed by atoms with Gasteiger partial charge in [0.1, 0.15) is 23.4 Å². The second-order valence-electron chi connectivity index (χ2n) is 7.53. The Labute approximate surface area is 199 Å². The van der Waals surface area contributed by atoms with Crippen LogP contribution in [0.15, 0.2) is 83.9 Å². The molecule has 2 N–H and O–H groups in total. The van der Waals surface area contributed by atoms with Crippen molar-refractivity contribution in [3.8, 4) is 5.75 Å². The Hall–Kier alpha value is -4.25. The van der Waals surface area contributed by atoms with Gasteiger partial charge >= 0.3 is 6.09 Å². The molecule has 1 heterocycles. The summed E-state index contributed by atoms with van der Waals surface area (Å²) in [7, 11) is -4.26. The maximum absolute atomic E-state index is 13.9. The number of hydrogen-bond acceptors (Lipinski definition) is 5. The van der Waals surface area contributed by atoms with Gasteiger partial charge in [0.25, 0.3) is 10.0 Å². The summed E-state index contributed by atoms with van der Waals surface area (Å²) in [5, 5.41) is 3.07. The number of hydrogen-bond donors (Lipinski definition) is 2. The SMILES string of the molecule is C[C@H](C(=O)Nc1ccc(S(=O)(=O)NC(=O)Oc2ccc(F)cc2)cc1)n1ccc2c(F)cccc21. The van der Waals surface area contributed by atoms with Crippen LogP contribution in [0, 0.1) is 11.6 Å². The summed E-state index contributed by atoms with van der Waals surface area (Å²) in [5.74, 6) is -1.36. The highest BCUT2D eigenvalue weighted by molar-refractivity contribution is 7.90. The summed E-state index contributed by atoms with van der Waals surface area (Å²) < 4.78 is 60.0. The van der Waals surface area contributed by atoms with Crippen LogP contribution in [0.4, 0.5) is 19.3 Å². The molecular weight excluding hydrogens is 480 g/mol. The monoisotopic (exact) mass is 499 g/mol. The van der Waals surface area contributed by atoms with E-state index < -0.39 is 33.9 Å². The minimum Gasteiger partial charge on any atom is -0.410 e. The fourth-order valence-corrected chi connectivity index (χ4v) is 4.25. The third-order valence-corrected chi connectivity index (χ3v) is 6.51. The Morgan fingerprint density at radius 2 is 1.63 bits per heavy atom. The lowest BCUT2D eigenvalue weighted by atomic mass is 10.2. The van der Waals surface area contributed by atoms with Crippen molar-refractivity contribution < 1.29 is 31.5 Å². The topological polar surface area (TPSA) is 106 Å². The molecule has 180 valence electrons. The van der Waals surface area contributed by atoms with Gasteiger partial charge in [-0.1, -0.05) is 6.07 Å². The van der Waals surface area contributed by atoms with Gasteiger partial charge in [0, 0.05) is 17.3 Å². The number of anilines is 1. The zero-order chi connectivity index (χ0) is 25.2. The third kappa shape index (κ3) is 5.30. The van der Waals surface area contributed by atoms with E-state index >= 15 is 0 Å². The number of fused-ring (bicyclic) bond motifs is 1. The van der Waals surface area contributed by atoms with Crippen LogP contribution in [0.25, 0.3) is 10.9 Å². The summed E-state index contributed by atoms with van der Waals surface area (Å²) in [4.78, 5) is 24.4. The van der Waals surface area contributed by atoms with Crippen molar-refractivity contribution in [3.05, 3.63) is 90.6 Å². The van der Waals surface area contributed by atoms with E-state index in [1.807, 2.05) is 0 Å². The molecule has 0 aliphatic rings. The molecule has 0 radical (unpaired) electrons. The molecule has 0 saturated heterocycles. The average molecular weight is 499 g/mol. The van der Waals surface area contributed by atoms with Crippen LogP contribution in [0.1, 0.15) is 13.0 Å². The molecule has 0 bridgehead atoms. The predicted molar refractivity (Wildman–Crippen MR) is 124 cm³/mol. The number of amides is 2. The molecule has 0 aliphatic carbocycles. The molecule has 0 spiro atoms. The molecule has 0 saturated carbocycles. The lowest BCUT2D eigenvalue weighted by Gasteiger charge is -2.16. The normalized spacial score (nSPS) is 12.2. The number of benzene rings is 3. The largest absolute Gasteiger partial charge is 0.426 e. The van der Waals surface area contributed by atoms with E-state index in [4.69, 9.17) is 4.74 Å². The first-order valence-corrected chi connectivity index (χ1v) is 11.8. The smallest absolute Gasteiger partial charge is 0.410 e. The molecular formula is C24H19F2N3O5S. The number of nitrogens with one attached hydrogen (secondary N) is 2. The Kier molecular flexibility index (Phi) is 6.52. The van der Waals surface area contributed by atoms with Crippen LogP contribution in [0.3, 0.4) is 0 Å². The van der Waals surface area contributed by atoms with Gasteiger partial charge < -0.3 is 14.6 Å². The standard InChI is InChI=1S/C24H19F2N3O5S/c1-15(29-14-13-20-21(26)3-2-4-22(20)29)23(30)27-17-7-11-19(12-8-17)35(32,33)28-24(31)34-18-9-5-16(25)6-10-18/h2-15H,1H3,(H,27,30)(H,28,31)/t15-/m1/s1. The Morgan fingerprint density at radius 1 is 0.943 bits per heavy atom. The molecule has 11 heteroatoms. The molecule has 8 nitrogen and oxygen atoms in total. The second-order valence-corrected chi connectivity index (χ2v) is 9.22. The van der Waals surface area contributed by atoms with E-state index in [1.165, 1.54) is 42.5 Å². The summed E-state index contributed by atoms with van der Waals surface area (Å²) in [6.07, 6.45) is 0.350. The fourth-order valence-electron chi connectivity index (χ4n) is 3.38. The quantitative estimate of drug-likeness (QED) is 0.403. The maximum Gasteiger partial charge on any atom is 0.426 e. The van der Waals surface area contributed by atoms with Crippen LogP contribution >= 0.6 is 0 Å². The van der Waals surface area contributed by atoms with E-state index in [0.717, 1.165) is 12.1 Å². The van der Waals surface area contributed by atoms with Gasteiger partial charge in [-0.3, -0.25) is 4.79 Å². The molecule has 4 aromatic rings. The summed E-state index contributed by atoms with van der Waals surface area (Å²) in [5.41, 5.74) is 0.880. The number of sulfonamides is 1. The highest BCUT2D eigenvalue weighted by Crippen LogP contribution is 2.24. The maximum atomic E-state index is 13.9. The zero-order valence-electron chi connectivity index (χ0n) is 18.2. The van der Waals surface area contributed by atoms with Gasteiger partial charge in [0.15, 0.2) is 0 Å². The van der Waals surface area contributed by atoms with Gasteiger partial charge in [0.2, 0.25) is 5.91 Å². The van der Waals surface area contributed by atoms with Crippen molar-refractivity contribution in [2.45, 2.75) is 17.9 Å². The summed E-state index contributed by atoms with van der Waals surface area (Å²) in [6.45, 7) is 1.65. The van der Waals surface area contributed by atoms with Crippen molar-refractivity contribution in [1.82, 2.24) is 9.29 Å². The number of carbonyl (C=O) groups excluding carboxylic acids is 2. The van der Waals surface area contributed by atoms with Gasteiger partial charge in [0.05, 0.1) is 10.4 Å². The predicted octanol–water partition coefficient (Wildman–Crippen LogP) is 4.60. The first-order valence-electron chi connectivity index (χ1n) is 10.3. The molecule has 35 heavy (non-hydrogen) atoms. The van der Waals surface area contributed by atoms with E-state index in [2.05, 4.69) is 5.32 Å². The van der Waals surface area contributed by atoms with Crippen molar-refractivity contribution in [2.24, 2.45) is 0 Å². The zero-order valence-corrected chi connectivity index (χ0v) is 19.1. The first kappa shape index (κ1) is 23.9. The van der Waals surface area contributed by atoms with E-state index in [-0.39, 0.29) is 16.5 Å². The molecule has 4 rings (SSSR count). The third-order valence-electron chi connectivity index (χ3n) is 5.18. The van der Waals surface area contributed by atoms with Crippen molar-refractivity contribution in [2.75, 3.05) is 5.32 Å². The lowest BCUT2D eigenvalue weighted by molar-refractivity contribution is -0.118. The average Bonchev–Trinajstić information content (AvgIpc) is 3.25. The van der Waals surface area contributed by atoms with Crippen molar-refractivity contribution in [3.63, 3.8) is 0 Å². The van der Waals surface area contributed by atoms with E-state index in [1.54, 1.807) is 40.6 Å². The number of halogens is 2. The van der Waals surface area contributed by atoms with Gasteiger partial charge in [-0.25, -0.2) is 26.7 Å². The highest BCUT2D eigenvalue weighted by atomic mass is 32.2. The van der Waals surface area contributed by atoms with Gasteiger partial charge in [-0.15, -0.1) is 0 Å². The van der Waals surface area contributed by atoms with Crippen LogP contribution in [0.5, 0.6) is 5.75 Å². The van der Waals surface area contributed by atoms with E-state index in [0.29, 0.717) is 16.6 Å². The van der Waals surface area contributed by atoms with Crippen LogP contribution < -0.4 is 14.8 Å². The van der Waals surface area contributed by atoms with Crippen LogP contribution in [-0.2, 0) is 14.8 Å². The minimum atomic E-state index is -4.26. The van der Waals surface area contributed by atoms with Crippen molar-refractivity contribution in [1.29, 1.82) is 0 Å². The van der Waals surface area contributed by atoms with Crippen LogP contribution in [0.2, 0.25) is 0 Å². The Balaban J connectivity index is 1.41. The van der Waals surface area contributed by atoms with Crippen LogP contribution in [-0.4, -0.2) is 25.0 Å². The molecule has 3 aromatic carbocycles. The molecule has 1 aromatic heterocycles. The van der Waals surface area contributed by atoms with E-state index in [9.17, 15) is 26.8 Å². The fraction of sp³-hybridized carbons (Fsp3) is 0.0833. The molecule has 1 atom stereocenters. The number of rotatable bonds is 6. The number of nitrogens with zero attached hydrogens (tertiary/aromatic N) is 1. The Bertz CT molecular complexity index is 1500. The minimum absolute atomic E-state index is 0.0375. The summed E-state index contributed by atoms with van der Waals surface area (Å²) in [6, 6.07) is 15.1. The summed E-state index contributed by atoms with van der Waals surface area (Å²) >= 11 is 0. The Morgan fingerprint density at radius 3 is 2.31 bits per heavy atom. The van der Waals surface area contributed by atoms with Gasteiger partial charge in [-0.05, 0) is 73.7 Å². The number of aromatic nitrogens is 1. The van der Waals surface area contributed by atoms with Gasteiger partial charge in [-0.2, -0.15) is 0 Å². The molecule has 2 amide bonds. The lowest BCUT2D eigenvalue weighted by Crippen LogP contribution is -2.33. The molecule has 0 fully saturated rings. The van der Waals surface area contributed by atoms with Crippen molar-refractivity contribution >= 4 is 38.6 Å². The number of carbonyl (C=O) groups is 2. The highest BCUT2D eigenvalue weighted by Gasteiger charge is 2.21. The first-order chi connectivity index (χ1) is 16.6.